The Morgan fingerprint density at radius 1 is 1.05 bits per heavy atom. The van der Waals surface area contributed by atoms with Crippen LogP contribution >= 0.6 is 0 Å². The van der Waals surface area contributed by atoms with Gasteiger partial charge in [-0.2, -0.15) is 26.3 Å². The number of carbonyl (C=O) groups excluding carboxylic acids is 1. The van der Waals surface area contributed by atoms with Crippen molar-refractivity contribution >= 4 is 21.7 Å². The molecule has 0 amide bonds. The van der Waals surface area contributed by atoms with Crippen LogP contribution in [0.1, 0.15) is 43.7 Å². The summed E-state index contributed by atoms with van der Waals surface area (Å²) in [5.74, 6) is -1.49. The maximum atomic E-state index is 13.6. The van der Waals surface area contributed by atoms with E-state index < -0.39 is 62.7 Å². The Morgan fingerprint density at radius 3 is 2.21 bits per heavy atom. The van der Waals surface area contributed by atoms with Gasteiger partial charge < -0.3 is 9.84 Å². The molecule has 14 heteroatoms. The van der Waals surface area contributed by atoms with Crippen LogP contribution in [0.15, 0.2) is 47.4 Å². The van der Waals surface area contributed by atoms with Crippen LogP contribution in [-0.2, 0) is 31.6 Å². The maximum absolute atomic E-state index is 13.6. The summed E-state index contributed by atoms with van der Waals surface area (Å²) in [5.41, 5.74) is -7.23. The van der Waals surface area contributed by atoms with Crippen molar-refractivity contribution in [2.45, 2.75) is 67.9 Å². The van der Waals surface area contributed by atoms with E-state index in [2.05, 4.69) is 0 Å². The van der Waals surface area contributed by atoms with Gasteiger partial charge in [-0.1, -0.05) is 25.5 Å². The van der Waals surface area contributed by atoms with Crippen LogP contribution < -0.4 is 4.31 Å². The molecule has 210 valence electrons. The topological polar surface area (TPSA) is 83.9 Å². The molecule has 2 aromatic carbocycles. The van der Waals surface area contributed by atoms with Gasteiger partial charge in [-0.25, -0.2) is 12.8 Å². The van der Waals surface area contributed by atoms with Crippen LogP contribution in [0.25, 0.3) is 0 Å². The number of rotatable bonds is 8. The predicted octanol–water partition coefficient (Wildman–Crippen LogP) is 5.38. The molecule has 1 heterocycles. The van der Waals surface area contributed by atoms with Gasteiger partial charge in [0.05, 0.1) is 29.7 Å². The number of aryl methyl sites for hydroxylation is 1. The summed E-state index contributed by atoms with van der Waals surface area (Å²) in [5, 5.41) is 9.78. The molecule has 0 aromatic heterocycles. The number of hydrogen-bond donors (Lipinski definition) is 1. The molecule has 0 radical (unpaired) electrons. The SMILES string of the molecule is CCCCOC(=O)C[C@@H]1CCc2cc(C(O)(C(F)(F)F)C(F)(F)F)ccc2N1S(=O)(=O)c1ccc(F)cc1. The van der Waals surface area contributed by atoms with Gasteiger partial charge in [0.1, 0.15) is 5.82 Å². The predicted molar refractivity (Wildman–Crippen MR) is 121 cm³/mol. The smallest absolute Gasteiger partial charge is 0.430 e. The van der Waals surface area contributed by atoms with Crippen molar-refractivity contribution in [1.82, 2.24) is 0 Å². The van der Waals surface area contributed by atoms with Crippen molar-refractivity contribution in [3.05, 3.63) is 59.4 Å². The van der Waals surface area contributed by atoms with E-state index in [9.17, 15) is 49.1 Å². The molecular weight excluding hydrogens is 547 g/mol. The Kier molecular flexibility index (Phi) is 8.37. The highest BCUT2D eigenvalue weighted by atomic mass is 32.2. The number of hydrogen-bond acceptors (Lipinski definition) is 5. The fourth-order valence-electron chi connectivity index (χ4n) is 4.16. The summed E-state index contributed by atoms with van der Waals surface area (Å²) in [6.45, 7) is 1.94. The van der Waals surface area contributed by atoms with Gasteiger partial charge in [-0.15, -0.1) is 0 Å². The van der Waals surface area contributed by atoms with Gasteiger partial charge in [-0.3, -0.25) is 9.10 Å². The largest absolute Gasteiger partial charge is 0.466 e. The zero-order valence-corrected chi connectivity index (χ0v) is 20.8. The molecule has 1 N–H and O–H groups in total. The number of aliphatic hydroxyl groups is 1. The molecule has 0 aliphatic carbocycles. The molecular formula is C24H24F7NO5S. The molecule has 1 atom stereocenters. The van der Waals surface area contributed by atoms with E-state index in [1.165, 1.54) is 0 Å². The lowest BCUT2D eigenvalue weighted by molar-refractivity contribution is -0.376. The minimum Gasteiger partial charge on any atom is -0.466 e. The molecule has 3 rings (SSSR count). The summed E-state index contributed by atoms with van der Waals surface area (Å²) in [4.78, 5) is 12.0. The van der Waals surface area contributed by atoms with Gasteiger partial charge in [0, 0.05) is 5.56 Å². The first kappa shape index (κ1) is 29.7. The first-order chi connectivity index (χ1) is 17.5. The maximum Gasteiger partial charge on any atom is 0.430 e. The monoisotopic (exact) mass is 571 g/mol. The van der Waals surface area contributed by atoms with E-state index in [1.807, 2.05) is 6.92 Å². The number of ether oxygens (including phenoxy) is 1. The first-order valence-corrected chi connectivity index (χ1v) is 12.9. The third-order valence-electron chi connectivity index (χ3n) is 6.17. The molecule has 0 spiro atoms. The second kappa shape index (κ2) is 10.7. The number of alkyl halides is 6. The Balaban J connectivity index is 2.12. The molecule has 1 aliphatic heterocycles. The Hall–Kier alpha value is -2.87. The van der Waals surface area contributed by atoms with E-state index >= 15 is 0 Å². The first-order valence-electron chi connectivity index (χ1n) is 11.5. The molecule has 6 nitrogen and oxygen atoms in total. The van der Waals surface area contributed by atoms with Gasteiger partial charge in [-0.05, 0) is 55.2 Å². The van der Waals surface area contributed by atoms with E-state index in [-0.39, 0.29) is 30.7 Å². The molecule has 1 aliphatic rings. The number of anilines is 1. The van der Waals surface area contributed by atoms with Crippen LogP contribution in [0.5, 0.6) is 0 Å². The fourth-order valence-corrected chi connectivity index (χ4v) is 5.88. The molecule has 0 saturated heterocycles. The number of esters is 1. The lowest BCUT2D eigenvalue weighted by Crippen LogP contribution is -2.54. The molecule has 0 fully saturated rings. The molecule has 0 unspecified atom stereocenters. The van der Waals surface area contributed by atoms with Gasteiger partial charge in [0.2, 0.25) is 0 Å². The van der Waals surface area contributed by atoms with E-state index in [0.29, 0.717) is 18.6 Å². The quantitative estimate of drug-likeness (QED) is 0.261. The Morgan fingerprint density at radius 2 is 1.66 bits per heavy atom. The van der Waals surface area contributed by atoms with Crippen molar-refractivity contribution in [2.24, 2.45) is 0 Å². The lowest BCUT2D eigenvalue weighted by Gasteiger charge is -2.39. The average molecular weight is 572 g/mol. The van der Waals surface area contributed by atoms with E-state index in [4.69, 9.17) is 4.74 Å². The van der Waals surface area contributed by atoms with Crippen molar-refractivity contribution < 1.29 is 53.8 Å². The highest BCUT2D eigenvalue weighted by Crippen LogP contribution is 2.51. The minimum absolute atomic E-state index is 0.0835. The van der Waals surface area contributed by atoms with Crippen LogP contribution in [-0.4, -0.2) is 44.5 Å². The third-order valence-corrected chi connectivity index (χ3v) is 8.05. The van der Waals surface area contributed by atoms with Crippen molar-refractivity contribution in [3.8, 4) is 0 Å². The highest BCUT2D eigenvalue weighted by Gasteiger charge is 2.71. The summed E-state index contributed by atoms with van der Waals surface area (Å²) in [7, 11) is -4.57. The molecule has 0 bridgehead atoms. The van der Waals surface area contributed by atoms with Crippen molar-refractivity contribution in [3.63, 3.8) is 0 Å². The van der Waals surface area contributed by atoms with Gasteiger partial charge in [0.15, 0.2) is 0 Å². The molecule has 0 saturated carbocycles. The second-order valence-electron chi connectivity index (χ2n) is 8.77. The molecule has 2 aromatic rings. The minimum atomic E-state index is -6.13. The number of carbonyl (C=O) groups is 1. The van der Waals surface area contributed by atoms with Crippen LogP contribution in [0, 0.1) is 5.82 Å². The summed E-state index contributed by atoms with van der Waals surface area (Å²) in [6, 6.07) is 4.04. The summed E-state index contributed by atoms with van der Waals surface area (Å²) < 4.78 is 127. The zero-order valence-electron chi connectivity index (χ0n) is 19.9. The zero-order chi connectivity index (χ0) is 28.5. The van der Waals surface area contributed by atoms with Crippen molar-refractivity contribution in [2.75, 3.05) is 10.9 Å². The number of unbranched alkanes of at least 4 members (excludes halogenated alkanes) is 1. The Labute approximate surface area is 214 Å². The third kappa shape index (κ3) is 5.60. The van der Waals surface area contributed by atoms with Crippen molar-refractivity contribution in [1.29, 1.82) is 0 Å². The summed E-state index contributed by atoms with van der Waals surface area (Å²) >= 11 is 0. The van der Waals surface area contributed by atoms with Crippen LogP contribution in [0.2, 0.25) is 0 Å². The highest BCUT2D eigenvalue weighted by molar-refractivity contribution is 7.92. The number of fused-ring (bicyclic) bond motifs is 1. The number of benzene rings is 2. The molecule has 38 heavy (non-hydrogen) atoms. The standard InChI is InChI=1S/C24H24F7NO5S/c1-2-3-12-37-21(33)14-18-8-4-15-13-16(22(34,23(26,27)28)24(29,30)31)5-11-20(15)32(18)38(35,36)19-9-6-17(25)7-10-19/h5-7,9-11,13,18,34H,2-4,8,12,14H2,1H3/t18-/m0/s1. The lowest BCUT2D eigenvalue weighted by atomic mass is 9.87. The number of halogens is 7. The normalized spacial score (nSPS) is 16.8. The second-order valence-corrected chi connectivity index (χ2v) is 10.6. The number of sulfonamides is 1. The van der Waals surface area contributed by atoms with Gasteiger partial charge in [0.25, 0.3) is 15.6 Å². The van der Waals surface area contributed by atoms with E-state index in [0.717, 1.165) is 41.1 Å². The Bertz CT molecular complexity index is 1250. The average Bonchev–Trinajstić information content (AvgIpc) is 2.82. The van der Waals surface area contributed by atoms with E-state index in [1.54, 1.807) is 0 Å². The summed E-state index contributed by atoms with van der Waals surface area (Å²) in [6.07, 6.45) is -11.8. The fraction of sp³-hybridized carbons (Fsp3) is 0.458. The van der Waals surface area contributed by atoms with Crippen LogP contribution in [0.4, 0.5) is 36.4 Å². The van der Waals surface area contributed by atoms with Crippen LogP contribution in [0.3, 0.4) is 0 Å². The number of nitrogens with zero attached hydrogens (tertiary/aromatic N) is 1. The van der Waals surface area contributed by atoms with Gasteiger partial charge >= 0.3 is 18.3 Å².